The molecular formula is C13H14N2OS. The largest absolute Gasteiger partial charge is 0.441 e. The van der Waals surface area contributed by atoms with Crippen molar-refractivity contribution in [3.8, 4) is 0 Å². The second-order valence-corrected chi connectivity index (χ2v) is 6.22. The van der Waals surface area contributed by atoms with E-state index in [0.29, 0.717) is 0 Å². The molecule has 2 aliphatic heterocycles. The topological polar surface area (TPSA) is 29.3 Å². The third-order valence-corrected chi connectivity index (χ3v) is 5.11. The summed E-state index contributed by atoms with van der Waals surface area (Å²) in [5.41, 5.74) is 0.765. The number of pyridine rings is 1. The Labute approximate surface area is 104 Å². The van der Waals surface area contributed by atoms with E-state index in [1.165, 1.54) is 18.7 Å². The molecule has 4 rings (SSSR count). The van der Waals surface area contributed by atoms with Crippen molar-refractivity contribution in [1.82, 2.24) is 9.88 Å². The number of aromatic nitrogens is 1. The van der Waals surface area contributed by atoms with Gasteiger partial charge in [-0.05, 0) is 24.6 Å². The van der Waals surface area contributed by atoms with E-state index in [-0.39, 0.29) is 0 Å². The number of furan rings is 1. The van der Waals surface area contributed by atoms with Gasteiger partial charge in [0.05, 0.1) is 6.54 Å². The average Bonchev–Trinajstić information content (AvgIpc) is 3.01. The van der Waals surface area contributed by atoms with Crippen LogP contribution in [0.1, 0.15) is 12.2 Å². The molecule has 3 nitrogen and oxygen atoms in total. The second kappa shape index (κ2) is 3.75. The molecule has 2 atom stereocenters. The highest BCUT2D eigenvalue weighted by molar-refractivity contribution is 8.00. The van der Waals surface area contributed by atoms with Crippen molar-refractivity contribution in [2.24, 2.45) is 0 Å². The first kappa shape index (κ1) is 9.97. The molecule has 0 saturated carbocycles. The number of hydrogen-bond donors (Lipinski definition) is 0. The van der Waals surface area contributed by atoms with Gasteiger partial charge in [-0.2, -0.15) is 11.8 Å². The zero-order valence-electron chi connectivity index (χ0n) is 9.50. The number of rotatable bonds is 2. The van der Waals surface area contributed by atoms with E-state index < -0.39 is 0 Å². The van der Waals surface area contributed by atoms with E-state index in [0.717, 1.165) is 34.7 Å². The Kier molecular flexibility index (Phi) is 2.20. The SMILES string of the molecule is c1cnc2oc(CN3C[C@@H]4C[C@H]3CS4)cc2c1. The van der Waals surface area contributed by atoms with Crippen LogP contribution in [0, 0.1) is 0 Å². The quantitative estimate of drug-likeness (QED) is 0.814. The van der Waals surface area contributed by atoms with Crippen LogP contribution in [0.15, 0.2) is 28.8 Å². The van der Waals surface area contributed by atoms with Crippen molar-refractivity contribution in [2.75, 3.05) is 12.3 Å². The maximum absolute atomic E-state index is 5.78. The molecular weight excluding hydrogens is 232 g/mol. The fraction of sp³-hybridized carbons (Fsp3) is 0.462. The number of thioether (sulfide) groups is 1. The van der Waals surface area contributed by atoms with Crippen molar-refractivity contribution < 1.29 is 4.42 Å². The normalized spacial score (nSPS) is 28.2. The van der Waals surface area contributed by atoms with E-state index in [1.807, 2.05) is 6.07 Å². The van der Waals surface area contributed by atoms with Crippen LogP contribution in [0.25, 0.3) is 11.1 Å². The zero-order valence-corrected chi connectivity index (χ0v) is 10.3. The lowest BCUT2D eigenvalue weighted by atomic mass is 10.2. The summed E-state index contributed by atoms with van der Waals surface area (Å²) in [6, 6.07) is 6.91. The average molecular weight is 246 g/mol. The zero-order chi connectivity index (χ0) is 11.2. The van der Waals surface area contributed by atoms with Gasteiger partial charge in [0.25, 0.3) is 0 Å². The van der Waals surface area contributed by atoms with Crippen LogP contribution in [-0.4, -0.2) is 33.5 Å². The molecule has 2 fully saturated rings. The van der Waals surface area contributed by atoms with Gasteiger partial charge in [0.2, 0.25) is 5.71 Å². The highest BCUT2D eigenvalue weighted by Crippen LogP contribution is 2.38. The minimum atomic E-state index is 0.765. The molecule has 4 heteroatoms. The summed E-state index contributed by atoms with van der Waals surface area (Å²) in [6.45, 7) is 2.16. The molecule has 2 saturated heterocycles. The molecule has 0 amide bonds. The number of likely N-dealkylation sites (tertiary alicyclic amines) is 1. The van der Waals surface area contributed by atoms with Crippen LogP contribution < -0.4 is 0 Å². The van der Waals surface area contributed by atoms with Gasteiger partial charge in [0.1, 0.15) is 5.76 Å². The van der Waals surface area contributed by atoms with E-state index in [4.69, 9.17) is 4.42 Å². The van der Waals surface area contributed by atoms with E-state index in [9.17, 15) is 0 Å². The van der Waals surface area contributed by atoms with Crippen LogP contribution in [0.5, 0.6) is 0 Å². The lowest BCUT2D eigenvalue weighted by molar-refractivity contribution is 0.241. The lowest BCUT2D eigenvalue weighted by Crippen LogP contribution is -2.33. The van der Waals surface area contributed by atoms with Crippen LogP contribution in [0.2, 0.25) is 0 Å². The maximum Gasteiger partial charge on any atom is 0.226 e. The van der Waals surface area contributed by atoms with Crippen molar-refractivity contribution in [1.29, 1.82) is 0 Å². The predicted molar refractivity (Wildman–Crippen MR) is 69.1 cm³/mol. The van der Waals surface area contributed by atoms with Crippen LogP contribution >= 0.6 is 11.8 Å². The standard InChI is InChI=1S/C13H14N2OS/c1-2-9-4-11(16-13(9)14-3-1)6-15-7-12-5-10(15)8-17-12/h1-4,10,12H,5-8H2/t10-,12-/m0/s1. The van der Waals surface area contributed by atoms with Crippen LogP contribution in [0.3, 0.4) is 0 Å². The van der Waals surface area contributed by atoms with Gasteiger partial charge in [-0.1, -0.05) is 0 Å². The first-order valence-corrected chi connectivity index (χ1v) is 7.12. The monoisotopic (exact) mass is 246 g/mol. The minimum Gasteiger partial charge on any atom is -0.441 e. The van der Waals surface area contributed by atoms with Crippen molar-refractivity contribution in [2.45, 2.75) is 24.3 Å². The summed E-state index contributed by atoms with van der Waals surface area (Å²) < 4.78 is 5.78. The summed E-state index contributed by atoms with van der Waals surface area (Å²) in [5.74, 6) is 2.35. The highest BCUT2D eigenvalue weighted by atomic mass is 32.2. The second-order valence-electron chi connectivity index (χ2n) is 4.88. The molecule has 0 radical (unpaired) electrons. The Morgan fingerprint density at radius 1 is 1.53 bits per heavy atom. The molecule has 2 aromatic rings. The van der Waals surface area contributed by atoms with Crippen LogP contribution in [-0.2, 0) is 6.54 Å². The predicted octanol–water partition coefficient (Wildman–Crippen LogP) is 2.52. The number of fused-ring (bicyclic) bond motifs is 3. The molecule has 88 valence electrons. The third-order valence-electron chi connectivity index (χ3n) is 3.72. The number of hydrogen-bond acceptors (Lipinski definition) is 4. The number of nitrogens with zero attached hydrogens (tertiary/aromatic N) is 2. The Balaban J connectivity index is 1.59. The molecule has 0 aromatic carbocycles. The first-order chi connectivity index (χ1) is 8.38. The summed E-state index contributed by atoms with van der Waals surface area (Å²) in [5, 5.41) is 1.98. The van der Waals surface area contributed by atoms with Crippen molar-refractivity contribution in [3.05, 3.63) is 30.2 Å². The van der Waals surface area contributed by atoms with Crippen molar-refractivity contribution >= 4 is 22.9 Å². The Morgan fingerprint density at radius 2 is 2.53 bits per heavy atom. The maximum atomic E-state index is 5.78. The summed E-state index contributed by atoms with van der Waals surface area (Å²) in [4.78, 5) is 6.79. The highest BCUT2D eigenvalue weighted by Gasteiger charge is 2.38. The van der Waals surface area contributed by atoms with Gasteiger partial charge < -0.3 is 4.42 Å². The molecule has 17 heavy (non-hydrogen) atoms. The molecule has 0 N–H and O–H groups in total. The smallest absolute Gasteiger partial charge is 0.226 e. The van der Waals surface area contributed by atoms with Gasteiger partial charge in [-0.25, -0.2) is 4.98 Å². The summed E-state index contributed by atoms with van der Waals surface area (Å²) in [6.07, 6.45) is 3.15. The van der Waals surface area contributed by atoms with E-state index in [1.54, 1.807) is 6.20 Å². The molecule has 0 unspecified atom stereocenters. The van der Waals surface area contributed by atoms with Gasteiger partial charge in [0, 0.05) is 35.2 Å². The Hall–Kier alpha value is -1.00. The van der Waals surface area contributed by atoms with Gasteiger partial charge in [-0.15, -0.1) is 0 Å². The fourth-order valence-electron chi connectivity index (χ4n) is 2.88. The Bertz CT molecular complexity index is 520. The minimum absolute atomic E-state index is 0.765. The summed E-state index contributed by atoms with van der Waals surface area (Å²) >= 11 is 2.13. The molecule has 2 aromatic heterocycles. The summed E-state index contributed by atoms with van der Waals surface area (Å²) in [7, 11) is 0. The van der Waals surface area contributed by atoms with Gasteiger partial charge >= 0.3 is 0 Å². The third kappa shape index (κ3) is 1.67. The lowest BCUT2D eigenvalue weighted by Gasteiger charge is -2.25. The molecule has 2 aliphatic rings. The molecule has 4 heterocycles. The van der Waals surface area contributed by atoms with Crippen molar-refractivity contribution in [3.63, 3.8) is 0 Å². The van der Waals surface area contributed by atoms with E-state index >= 15 is 0 Å². The van der Waals surface area contributed by atoms with Gasteiger partial charge in [-0.3, -0.25) is 4.90 Å². The first-order valence-electron chi connectivity index (χ1n) is 6.07. The Morgan fingerprint density at radius 3 is 3.29 bits per heavy atom. The molecule has 0 aliphatic carbocycles. The van der Waals surface area contributed by atoms with Gasteiger partial charge in [0.15, 0.2) is 0 Å². The van der Waals surface area contributed by atoms with E-state index in [2.05, 4.69) is 33.8 Å². The fourth-order valence-corrected chi connectivity index (χ4v) is 4.37. The molecule has 0 spiro atoms. The molecule has 2 bridgehead atoms. The van der Waals surface area contributed by atoms with Crippen LogP contribution in [0.4, 0.5) is 0 Å².